The molecular formula is C15H13Cl2N3O4S. The molecule has 1 aromatic carbocycles. The van der Waals surface area contributed by atoms with Crippen molar-refractivity contribution < 1.29 is 17.9 Å². The summed E-state index contributed by atoms with van der Waals surface area (Å²) in [7, 11) is -3.63. The van der Waals surface area contributed by atoms with E-state index in [-0.39, 0.29) is 33.3 Å². The summed E-state index contributed by atoms with van der Waals surface area (Å²) in [5.74, 6) is -0.690. The molecule has 0 aliphatic heterocycles. The SMILES string of the molecule is CS(=O)(=O)c1ncc(C(=O)Nc2c(Cl)cccc2Cl)c(OC2CC2)n1. The molecule has 3 rings (SSSR count). The Labute approximate surface area is 154 Å². The largest absolute Gasteiger partial charge is 0.474 e. The highest BCUT2D eigenvalue weighted by Crippen LogP contribution is 2.32. The minimum Gasteiger partial charge on any atom is -0.474 e. The van der Waals surface area contributed by atoms with Crippen LogP contribution in [-0.2, 0) is 9.84 Å². The molecule has 1 aromatic heterocycles. The van der Waals surface area contributed by atoms with E-state index >= 15 is 0 Å². The summed E-state index contributed by atoms with van der Waals surface area (Å²) >= 11 is 12.1. The Morgan fingerprint density at radius 1 is 1.28 bits per heavy atom. The van der Waals surface area contributed by atoms with Crippen molar-refractivity contribution in [3.63, 3.8) is 0 Å². The molecule has 1 amide bonds. The number of ether oxygens (including phenoxy) is 1. The van der Waals surface area contributed by atoms with Gasteiger partial charge in [-0.05, 0) is 25.0 Å². The first-order valence-electron chi connectivity index (χ1n) is 7.25. The third-order valence-electron chi connectivity index (χ3n) is 3.31. The highest BCUT2D eigenvalue weighted by Gasteiger charge is 2.28. The van der Waals surface area contributed by atoms with E-state index in [0.717, 1.165) is 25.3 Å². The second-order valence-corrected chi connectivity index (χ2v) is 8.24. The number of carbonyl (C=O) groups excluding carboxylic acids is 1. The average Bonchev–Trinajstić information content (AvgIpc) is 3.34. The predicted octanol–water partition coefficient (Wildman–Crippen LogP) is 2.98. The van der Waals surface area contributed by atoms with Crippen molar-refractivity contribution in [1.29, 1.82) is 0 Å². The van der Waals surface area contributed by atoms with Crippen LogP contribution in [0.4, 0.5) is 5.69 Å². The zero-order chi connectivity index (χ0) is 18.2. The van der Waals surface area contributed by atoms with Gasteiger partial charge in [0.1, 0.15) is 11.7 Å². The molecule has 25 heavy (non-hydrogen) atoms. The monoisotopic (exact) mass is 401 g/mol. The summed E-state index contributed by atoms with van der Waals surface area (Å²) in [6, 6.07) is 4.80. The van der Waals surface area contributed by atoms with Crippen LogP contribution in [0.5, 0.6) is 5.88 Å². The highest BCUT2D eigenvalue weighted by molar-refractivity contribution is 7.90. The normalized spacial score (nSPS) is 14.2. The fourth-order valence-electron chi connectivity index (χ4n) is 1.92. The third kappa shape index (κ3) is 4.20. The van der Waals surface area contributed by atoms with Gasteiger partial charge < -0.3 is 10.1 Å². The van der Waals surface area contributed by atoms with Gasteiger partial charge in [-0.2, -0.15) is 4.98 Å². The van der Waals surface area contributed by atoms with Crippen molar-refractivity contribution in [2.45, 2.75) is 24.1 Å². The summed E-state index contributed by atoms with van der Waals surface area (Å²) in [4.78, 5) is 20.2. The van der Waals surface area contributed by atoms with E-state index in [9.17, 15) is 13.2 Å². The topological polar surface area (TPSA) is 98.2 Å². The molecular weight excluding hydrogens is 389 g/mol. The predicted molar refractivity (Wildman–Crippen MR) is 93.2 cm³/mol. The zero-order valence-corrected chi connectivity index (χ0v) is 15.3. The summed E-state index contributed by atoms with van der Waals surface area (Å²) in [5, 5.41) is 2.69. The van der Waals surface area contributed by atoms with Crippen molar-refractivity contribution in [3.05, 3.63) is 40.0 Å². The van der Waals surface area contributed by atoms with E-state index in [1.165, 1.54) is 0 Å². The van der Waals surface area contributed by atoms with Gasteiger partial charge >= 0.3 is 0 Å². The van der Waals surface area contributed by atoms with Crippen molar-refractivity contribution in [2.24, 2.45) is 0 Å². The molecule has 0 radical (unpaired) electrons. The second-order valence-electron chi connectivity index (χ2n) is 5.51. The highest BCUT2D eigenvalue weighted by atomic mass is 35.5. The van der Waals surface area contributed by atoms with E-state index in [1.54, 1.807) is 18.2 Å². The van der Waals surface area contributed by atoms with E-state index in [2.05, 4.69) is 15.3 Å². The number of benzene rings is 1. The lowest BCUT2D eigenvalue weighted by Gasteiger charge is -2.12. The molecule has 132 valence electrons. The van der Waals surface area contributed by atoms with Gasteiger partial charge in [0.2, 0.25) is 20.9 Å². The van der Waals surface area contributed by atoms with Crippen LogP contribution in [0.15, 0.2) is 29.6 Å². The molecule has 1 heterocycles. The maximum Gasteiger partial charge on any atom is 0.262 e. The van der Waals surface area contributed by atoms with Crippen molar-refractivity contribution in [1.82, 2.24) is 9.97 Å². The maximum atomic E-state index is 12.6. The Morgan fingerprint density at radius 3 is 2.48 bits per heavy atom. The van der Waals surface area contributed by atoms with Crippen molar-refractivity contribution in [3.8, 4) is 5.88 Å². The number of amides is 1. The van der Waals surface area contributed by atoms with Crippen molar-refractivity contribution >= 4 is 44.6 Å². The molecule has 1 aliphatic carbocycles. The van der Waals surface area contributed by atoms with Crippen LogP contribution in [0.2, 0.25) is 10.0 Å². The first-order chi connectivity index (χ1) is 11.8. The second kappa shape index (κ2) is 6.78. The fourth-order valence-corrected chi connectivity index (χ4v) is 2.90. The number of anilines is 1. The number of sulfone groups is 1. The molecule has 7 nitrogen and oxygen atoms in total. The van der Waals surface area contributed by atoms with Gasteiger partial charge in [-0.1, -0.05) is 29.3 Å². The number of halogens is 2. The Bertz CT molecular complexity index is 926. The van der Waals surface area contributed by atoms with Crippen LogP contribution >= 0.6 is 23.2 Å². The fraction of sp³-hybridized carbons (Fsp3) is 0.267. The van der Waals surface area contributed by atoms with Gasteiger partial charge in [-0.25, -0.2) is 13.4 Å². The van der Waals surface area contributed by atoms with E-state index < -0.39 is 20.9 Å². The van der Waals surface area contributed by atoms with Crippen LogP contribution in [0.25, 0.3) is 0 Å². The number of para-hydroxylation sites is 1. The first-order valence-corrected chi connectivity index (χ1v) is 9.89. The van der Waals surface area contributed by atoms with Gasteiger partial charge in [-0.15, -0.1) is 0 Å². The number of aromatic nitrogens is 2. The number of hydrogen-bond donors (Lipinski definition) is 1. The lowest BCUT2D eigenvalue weighted by molar-refractivity contribution is 0.102. The quantitative estimate of drug-likeness (QED) is 0.773. The molecule has 1 N–H and O–H groups in total. The van der Waals surface area contributed by atoms with Gasteiger partial charge in [0.05, 0.1) is 15.7 Å². The molecule has 0 saturated heterocycles. The first kappa shape index (κ1) is 17.9. The molecule has 10 heteroatoms. The number of hydrogen-bond acceptors (Lipinski definition) is 6. The van der Waals surface area contributed by atoms with Gasteiger partial charge in [-0.3, -0.25) is 4.79 Å². The number of rotatable bonds is 5. The standard InChI is InChI=1S/C15H13Cl2N3O4S/c1-25(22,23)15-18-7-9(14(20-15)24-8-5-6-8)13(21)19-12-10(16)3-2-4-11(12)17/h2-4,7-8H,5-6H2,1H3,(H,19,21). The zero-order valence-electron chi connectivity index (χ0n) is 13.0. The number of nitrogens with zero attached hydrogens (tertiary/aromatic N) is 2. The van der Waals surface area contributed by atoms with Crippen LogP contribution in [-0.4, -0.2) is 36.7 Å². The van der Waals surface area contributed by atoms with Gasteiger partial charge in [0.15, 0.2) is 0 Å². The van der Waals surface area contributed by atoms with E-state index in [4.69, 9.17) is 27.9 Å². The van der Waals surface area contributed by atoms with E-state index in [1.807, 2.05) is 0 Å². The molecule has 0 atom stereocenters. The summed E-state index contributed by atoms with van der Waals surface area (Å²) in [6.07, 6.45) is 3.64. The minimum absolute atomic E-state index is 0.00436. The molecule has 0 bridgehead atoms. The van der Waals surface area contributed by atoms with E-state index in [0.29, 0.717) is 0 Å². The summed E-state index contributed by atoms with van der Waals surface area (Å²) < 4.78 is 28.8. The Morgan fingerprint density at radius 2 is 1.92 bits per heavy atom. The molecule has 1 saturated carbocycles. The number of nitrogens with one attached hydrogen (secondary N) is 1. The Balaban J connectivity index is 1.96. The molecule has 1 aliphatic rings. The lowest BCUT2D eigenvalue weighted by Crippen LogP contribution is -2.17. The molecule has 0 spiro atoms. The smallest absolute Gasteiger partial charge is 0.262 e. The maximum absolute atomic E-state index is 12.6. The van der Waals surface area contributed by atoms with Crippen LogP contribution < -0.4 is 10.1 Å². The summed E-state index contributed by atoms with van der Waals surface area (Å²) in [5.41, 5.74) is 0.232. The van der Waals surface area contributed by atoms with Crippen LogP contribution in [0.1, 0.15) is 23.2 Å². The Kier molecular flexibility index (Phi) is 4.86. The van der Waals surface area contributed by atoms with Gasteiger partial charge in [0, 0.05) is 12.5 Å². The van der Waals surface area contributed by atoms with Gasteiger partial charge in [0.25, 0.3) is 5.91 Å². The van der Waals surface area contributed by atoms with Crippen LogP contribution in [0.3, 0.4) is 0 Å². The molecule has 0 unspecified atom stereocenters. The van der Waals surface area contributed by atoms with Crippen LogP contribution in [0, 0.1) is 0 Å². The summed E-state index contributed by atoms with van der Waals surface area (Å²) in [6.45, 7) is 0. The third-order valence-corrected chi connectivity index (χ3v) is 4.80. The average molecular weight is 402 g/mol. The number of carbonyl (C=O) groups is 1. The molecule has 1 fully saturated rings. The molecule has 2 aromatic rings. The van der Waals surface area contributed by atoms with Crippen molar-refractivity contribution in [2.75, 3.05) is 11.6 Å². The Hall–Kier alpha value is -1.90. The lowest BCUT2D eigenvalue weighted by atomic mass is 10.2. The minimum atomic E-state index is -3.63.